The molecule has 0 fully saturated rings. The second-order valence-electron chi connectivity index (χ2n) is 3.42. The number of carbonyl (C=O) groups is 1. The molecule has 94 valence electrons. The molecule has 0 radical (unpaired) electrons. The highest BCUT2D eigenvalue weighted by Crippen LogP contribution is 2.24. The molecule has 0 bridgehead atoms. The third-order valence-electron chi connectivity index (χ3n) is 2.14. The molecule has 17 heavy (non-hydrogen) atoms. The first-order valence-electron chi connectivity index (χ1n) is 4.77. The van der Waals surface area contributed by atoms with Crippen molar-refractivity contribution in [2.75, 3.05) is 7.11 Å². The number of esters is 1. The molecule has 0 aliphatic rings. The SMILES string of the molecule is COC(=O)c1ccc(CCC(F)(F)F)cc1Cl. The molecule has 0 aliphatic heterocycles. The van der Waals surface area contributed by atoms with Gasteiger partial charge in [0.05, 0.1) is 17.7 Å². The first-order valence-corrected chi connectivity index (χ1v) is 5.15. The van der Waals surface area contributed by atoms with E-state index in [0.29, 0.717) is 5.56 Å². The Kier molecular flexibility index (Phi) is 4.40. The highest BCUT2D eigenvalue weighted by molar-refractivity contribution is 6.33. The van der Waals surface area contributed by atoms with Gasteiger partial charge in [-0.25, -0.2) is 4.79 Å². The maximum atomic E-state index is 12.0. The molecule has 1 aromatic carbocycles. The van der Waals surface area contributed by atoms with Crippen molar-refractivity contribution in [3.05, 3.63) is 34.3 Å². The molecular formula is C11H10ClF3O2. The van der Waals surface area contributed by atoms with Crippen molar-refractivity contribution < 1.29 is 22.7 Å². The van der Waals surface area contributed by atoms with E-state index in [2.05, 4.69) is 4.74 Å². The van der Waals surface area contributed by atoms with Gasteiger partial charge in [0.15, 0.2) is 0 Å². The topological polar surface area (TPSA) is 26.3 Å². The van der Waals surface area contributed by atoms with E-state index in [0.717, 1.165) is 0 Å². The zero-order valence-electron chi connectivity index (χ0n) is 8.97. The molecule has 0 aliphatic carbocycles. The van der Waals surface area contributed by atoms with E-state index in [1.807, 2.05) is 0 Å². The van der Waals surface area contributed by atoms with Gasteiger partial charge in [0.1, 0.15) is 0 Å². The summed E-state index contributed by atoms with van der Waals surface area (Å²) in [5, 5.41) is 0.0940. The third-order valence-corrected chi connectivity index (χ3v) is 2.45. The highest BCUT2D eigenvalue weighted by atomic mass is 35.5. The molecule has 0 saturated carbocycles. The maximum Gasteiger partial charge on any atom is 0.389 e. The molecular weight excluding hydrogens is 257 g/mol. The summed E-state index contributed by atoms with van der Waals surface area (Å²) in [6.07, 6.45) is -5.28. The van der Waals surface area contributed by atoms with Gasteiger partial charge in [0.25, 0.3) is 0 Å². The van der Waals surface area contributed by atoms with Gasteiger partial charge >= 0.3 is 12.1 Å². The second-order valence-corrected chi connectivity index (χ2v) is 3.83. The summed E-state index contributed by atoms with van der Waals surface area (Å²) in [7, 11) is 1.20. The molecule has 0 unspecified atom stereocenters. The third kappa shape index (κ3) is 4.26. The lowest BCUT2D eigenvalue weighted by molar-refractivity contribution is -0.134. The van der Waals surface area contributed by atoms with Crippen LogP contribution in [-0.2, 0) is 11.2 Å². The van der Waals surface area contributed by atoms with E-state index >= 15 is 0 Å². The fourth-order valence-electron chi connectivity index (χ4n) is 1.28. The number of benzene rings is 1. The van der Waals surface area contributed by atoms with Crippen LogP contribution >= 0.6 is 11.6 Å². The summed E-state index contributed by atoms with van der Waals surface area (Å²) >= 11 is 5.77. The van der Waals surface area contributed by atoms with Crippen LogP contribution in [-0.4, -0.2) is 19.3 Å². The van der Waals surface area contributed by atoms with Gasteiger partial charge in [-0.2, -0.15) is 13.2 Å². The van der Waals surface area contributed by atoms with E-state index in [-0.39, 0.29) is 17.0 Å². The molecule has 1 aromatic rings. The number of methoxy groups -OCH3 is 1. The number of halogens is 4. The van der Waals surface area contributed by atoms with Crippen molar-refractivity contribution in [1.29, 1.82) is 0 Å². The molecule has 6 heteroatoms. The van der Waals surface area contributed by atoms with Crippen molar-refractivity contribution in [2.24, 2.45) is 0 Å². The molecule has 0 heterocycles. The molecule has 2 nitrogen and oxygen atoms in total. The van der Waals surface area contributed by atoms with E-state index < -0.39 is 18.6 Å². The molecule has 0 atom stereocenters. The average molecular weight is 267 g/mol. The standard InChI is InChI=1S/C11H10ClF3O2/c1-17-10(16)8-3-2-7(6-9(8)12)4-5-11(13,14)15/h2-3,6H,4-5H2,1H3. The predicted octanol–water partition coefficient (Wildman–Crippen LogP) is 3.62. The van der Waals surface area contributed by atoms with Gasteiger partial charge in [-0.1, -0.05) is 17.7 Å². The Balaban J connectivity index is 2.79. The number of hydrogen-bond acceptors (Lipinski definition) is 2. The van der Waals surface area contributed by atoms with E-state index in [9.17, 15) is 18.0 Å². The first-order chi connectivity index (χ1) is 7.83. The zero-order chi connectivity index (χ0) is 13.1. The maximum absolute atomic E-state index is 12.0. The fraction of sp³-hybridized carbons (Fsp3) is 0.364. The van der Waals surface area contributed by atoms with Crippen LogP contribution in [0, 0.1) is 0 Å². The smallest absolute Gasteiger partial charge is 0.389 e. The van der Waals surface area contributed by atoms with Gasteiger partial charge in [0.2, 0.25) is 0 Å². The van der Waals surface area contributed by atoms with Crippen molar-refractivity contribution in [3.8, 4) is 0 Å². The lowest BCUT2D eigenvalue weighted by atomic mass is 10.1. The van der Waals surface area contributed by atoms with Crippen LogP contribution in [0.15, 0.2) is 18.2 Å². The number of aryl methyl sites for hydroxylation is 1. The van der Waals surface area contributed by atoms with Crippen molar-refractivity contribution in [1.82, 2.24) is 0 Å². The fourth-order valence-corrected chi connectivity index (χ4v) is 1.56. The first kappa shape index (κ1) is 13.8. The van der Waals surface area contributed by atoms with Gasteiger partial charge in [-0.15, -0.1) is 0 Å². The van der Waals surface area contributed by atoms with Crippen LogP contribution in [0.2, 0.25) is 5.02 Å². The highest BCUT2D eigenvalue weighted by Gasteiger charge is 2.26. The number of carbonyl (C=O) groups excluding carboxylic acids is 1. The van der Waals surface area contributed by atoms with Gasteiger partial charge in [-0.05, 0) is 24.1 Å². The van der Waals surface area contributed by atoms with Crippen LogP contribution in [0.5, 0.6) is 0 Å². The minimum atomic E-state index is -4.20. The van der Waals surface area contributed by atoms with Gasteiger partial charge < -0.3 is 4.74 Å². The summed E-state index contributed by atoms with van der Waals surface area (Å²) in [6, 6.07) is 4.14. The van der Waals surface area contributed by atoms with Crippen LogP contribution in [0.25, 0.3) is 0 Å². The minimum absolute atomic E-state index is 0.0940. The zero-order valence-corrected chi connectivity index (χ0v) is 9.73. The van der Waals surface area contributed by atoms with Crippen molar-refractivity contribution in [3.63, 3.8) is 0 Å². The van der Waals surface area contributed by atoms with E-state index in [1.54, 1.807) is 0 Å². The Morgan fingerprint density at radius 2 is 2.06 bits per heavy atom. The Morgan fingerprint density at radius 1 is 1.41 bits per heavy atom. The monoisotopic (exact) mass is 266 g/mol. The predicted molar refractivity (Wildman–Crippen MR) is 57.2 cm³/mol. The normalized spacial score (nSPS) is 11.4. The molecule has 0 aromatic heterocycles. The number of ether oxygens (including phenoxy) is 1. The minimum Gasteiger partial charge on any atom is -0.465 e. The molecule has 0 spiro atoms. The molecule has 0 saturated heterocycles. The summed E-state index contributed by atoms with van der Waals surface area (Å²) in [4.78, 5) is 11.2. The molecule has 1 rings (SSSR count). The van der Waals surface area contributed by atoms with E-state index in [1.165, 1.54) is 25.3 Å². The Bertz CT molecular complexity index is 416. The summed E-state index contributed by atoms with van der Waals surface area (Å²) < 4.78 is 40.5. The Labute approximate surface area is 101 Å². The Hall–Kier alpha value is -1.23. The molecule has 0 N–H and O–H groups in total. The number of alkyl halides is 3. The second kappa shape index (κ2) is 5.40. The Morgan fingerprint density at radius 3 is 2.53 bits per heavy atom. The summed E-state index contributed by atoms with van der Waals surface area (Å²) in [6.45, 7) is 0. The van der Waals surface area contributed by atoms with Gasteiger partial charge in [-0.3, -0.25) is 0 Å². The number of hydrogen-bond donors (Lipinski definition) is 0. The van der Waals surface area contributed by atoms with Crippen LogP contribution in [0.1, 0.15) is 22.3 Å². The summed E-state index contributed by atoms with van der Waals surface area (Å²) in [5.41, 5.74) is 0.574. The van der Waals surface area contributed by atoms with Crippen LogP contribution < -0.4 is 0 Å². The average Bonchev–Trinajstić information content (AvgIpc) is 2.24. The quantitative estimate of drug-likeness (QED) is 0.781. The van der Waals surface area contributed by atoms with Crippen LogP contribution in [0.3, 0.4) is 0 Å². The number of rotatable bonds is 3. The van der Waals surface area contributed by atoms with Crippen molar-refractivity contribution >= 4 is 17.6 Å². The van der Waals surface area contributed by atoms with Gasteiger partial charge in [0, 0.05) is 6.42 Å². The lowest BCUT2D eigenvalue weighted by Gasteiger charge is -2.08. The van der Waals surface area contributed by atoms with Crippen LogP contribution in [0.4, 0.5) is 13.2 Å². The lowest BCUT2D eigenvalue weighted by Crippen LogP contribution is -2.09. The van der Waals surface area contributed by atoms with E-state index in [4.69, 9.17) is 11.6 Å². The largest absolute Gasteiger partial charge is 0.465 e. The summed E-state index contributed by atoms with van der Waals surface area (Å²) in [5.74, 6) is -0.614. The van der Waals surface area contributed by atoms with Crippen molar-refractivity contribution in [2.45, 2.75) is 19.0 Å². The molecule has 0 amide bonds.